The quantitative estimate of drug-likeness (QED) is 0.627. The summed E-state index contributed by atoms with van der Waals surface area (Å²) in [5, 5.41) is 0. The Balaban J connectivity index is 2.67. The third-order valence-corrected chi connectivity index (χ3v) is 1.91. The third kappa shape index (κ3) is 1.65. The molecule has 0 amide bonds. The number of hydrogen-bond donors (Lipinski definition) is 0. The van der Waals surface area contributed by atoms with Crippen LogP contribution in [0.15, 0.2) is 4.99 Å². The average Bonchev–Trinajstić information content (AvgIpc) is 2.30. The largest absolute Gasteiger partial charge is 0.467 e. The molecule has 1 aliphatic rings. The van der Waals surface area contributed by atoms with Crippen molar-refractivity contribution in [3.05, 3.63) is 0 Å². The fourth-order valence-electron chi connectivity index (χ4n) is 1.24. The minimum Gasteiger partial charge on any atom is -0.467 e. The summed E-state index contributed by atoms with van der Waals surface area (Å²) in [5.74, 6) is 1.04. The number of rotatable bonds is 2. The van der Waals surface area contributed by atoms with E-state index in [2.05, 4.69) is 4.99 Å². The van der Waals surface area contributed by atoms with Gasteiger partial charge in [-0.05, 0) is 13.8 Å². The molecule has 0 fully saturated rings. The maximum absolute atomic E-state index is 11.0. The van der Waals surface area contributed by atoms with Crippen molar-refractivity contribution in [2.24, 2.45) is 10.9 Å². The van der Waals surface area contributed by atoms with Gasteiger partial charge in [0.15, 0.2) is 17.8 Å². The van der Waals surface area contributed by atoms with E-state index >= 15 is 0 Å². The number of ketones is 1. The van der Waals surface area contributed by atoms with Crippen molar-refractivity contribution >= 4 is 11.7 Å². The van der Waals surface area contributed by atoms with Gasteiger partial charge in [-0.25, -0.2) is 4.99 Å². The van der Waals surface area contributed by atoms with E-state index in [9.17, 15) is 4.79 Å². The average molecular weight is 169 g/mol. The SMILES string of the molecule is CC(=O)[C@H]1OC(C(C)C)=N[C@H]1C. The van der Waals surface area contributed by atoms with Crippen LogP contribution in [0, 0.1) is 5.92 Å². The molecule has 12 heavy (non-hydrogen) atoms. The van der Waals surface area contributed by atoms with Crippen LogP contribution in [0.4, 0.5) is 0 Å². The van der Waals surface area contributed by atoms with Crippen molar-refractivity contribution < 1.29 is 9.53 Å². The predicted octanol–water partition coefficient (Wildman–Crippen LogP) is 1.42. The standard InChI is InChI=1S/C9H15NO2/c1-5(2)9-10-6(3)8(12-9)7(4)11/h5-6,8H,1-4H3/t6-,8-/m0/s1. The fourth-order valence-corrected chi connectivity index (χ4v) is 1.24. The van der Waals surface area contributed by atoms with Crippen LogP contribution in [0.5, 0.6) is 0 Å². The van der Waals surface area contributed by atoms with E-state index in [0.29, 0.717) is 5.90 Å². The van der Waals surface area contributed by atoms with Crippen molar-refractivity contribution in [1.29, 1.82) is 0 Å². The van der Waals surface area contributed by atoms with Gasteiger partial charge in [-0.15, -0.1) is 0 Å². The van der Waals surface area contributed by atoms with Gasteiger partial charge in [0.1, 0.15) is 0 Å². The van der Waals surface area contributed by atoms with Crippen molar-refractivity contribution in [3.63, 3.8) is 0 Å². The summed E-state index contributed by atoms with van der Waals surface area (Å²) in [6, 6.07) is -0.0140. The van der Waals surface area contributed by atoms with E-state index in [1.807, 2.05) is 20.8 Å². The maximum Gasteiger partial charge on any atom is 0.187 e. The summed E-state index contributed by atoms with van der Waals surface area (Å²) >= 11 is 0. The lowest BCUT2D eigenvalue weighted by Gasteiger charge is -2.11. The highest BCUT2D eigenvalue weighted by atomic mass is 16.5. The lowest BCUT2D eigenvalue weighted by atomic mass is 10.1. The highest BCUT2D eigenvalue weighted by Gasteiger charge is 2.31. The molecule has 0 saturated carbocycles. The topological polar surface area (TPSA) is 38.7 Å². The number of aliphatic imine (C=N–C) groups is 1. The van der Waals surface area contributed by atoms with Gasteiger partial charge in [-0.2, -0.15) is 0 Å². The first-order valence-electron chi connectivity index (χ1n) is 4.27. The fraction of sp³-hybridized carbons (Fsp3) is 0.778. The monoisotopic (exact) mass is 169 g/mol. The van der Waals surface area contributed by atoms with Gasteiger partial charge in [0, 0.05) is 5.92 Å². The molecule has 0 radical (unpaired) electrons. The molecule has 2 atom stereocenters. The Morgan fingerprint density at radius 3 is 2.42 bits per heavy atom. The van der Waals surface area contributed by atoms with Gasteiger partial charge in [-0.3, -0.25) is 4.79 Å². The Labute approximate surface area is 72.8 Å². The summed E-state index contributed by atoms with van der Waals surface area (Å²) in [7, 11) is 0. The van der Waals surface area contributed by atoms with Crippen LogP contribution >= 0.6 is 0 Å². The molecule has 1 rings (SSSR count). The van der Waals surface area contributed by atoms with E-state index in [0.717, 1.165) is 0 Å². The molecule has 3 nitrogen and oxygen atoms in total. The van der Waals surface area contributed by atoms with E-state index < -0.39 is 0 Å². The minimum atomic E-state index is -0.345. The van der Waals surface area contributed by atoms with Crippen LogP contribution < -0.4 is 0 Å². The highest BCUT2D eigenvalue weighted by molar-refractivity contribution is 5.89. The summed E-state index contributed by atoms with van der Waals surface area (Å²) in [5.41, 5.74) is 0. The van der Waals surface area contributed by atoms with Crippen molar-refractivity contribution in [2.75, 3.05) is 0 Å². The second-order valence-corrected chi connectivity index (χ2v) is 3.51. The first kappa shape index (κ1) is 9.23. The highest BCUT2D eigenvalue weighted by Crippen LogP contribution is 2.17. The second kappa shape index (κ2) is 3.25. The molecular formula is C9H15NO2. The van der Waals surface area contributed by atoms with Gasteiger partial charge < -0.3 is 4.74 Å². The van der Waals surface area contributed by atoms with Crippen molar-refractivity contribution in [3.8, 4) is 0 Å². The zero-order chi connectivity index (χ0) is 9.30. The molecule has 0 spiro atoms. The first-order chi connectivity index (χ1) is 5.52. The summed E-state index contributed by atoms with van der Waals surface area (Å²) in [4.78, 5) is 15.3. The van der Waals surface area contributed by atoms with Gasteiger partial charge in [0.2, 0.25) is 0 Å². The second-order valence-electron chi connectivity index (χ2n) is 3.51. The third-order valence-electron chi connectivity index (χ3n) is 1.91. The van der Waals surface area contributed by atoms with Crippen LogP contribution in [0.3, 0.4) is 0 Å². The molecule has 1 aliphatic heterocycles. The lowest BCUT2D eigenvalue weighted by molar-refractivity contribution is -0.124. The summed E-state index contributed by atoms with van der Waals surface area (Å²) in [6.45, 7) is 7.46. The van der Waals surface area contributed by atoms with Gasteiger partial charge in [0.05, 0.1) is 6.04 Å². The molecule has 0 aromatic heterocycles. The number of nitrogens with zero attached hydrogens (tertiary/aromatic N) is 1. The summed E-state index contributed by atoms with van der Waals surface area (Å²) in [6.07, 6.45) is -0.345. The molecule has 68 valence electrons. The van der Waals surface area contributed by atoms with Gasteiger partial charge >= 0.3 is 0 Å². The first-order valence-corrected chi connectivity index (χ1v) is 4.27. The number of Topliss-reactive ketones (excluding diaryl/α,β-unsaturated/α-hetero) is 1. The summed E-state index contributed by atoms with van der Waals surface area (Å²) < 4.78 is 5.40. The smallest absolute Gasteiger partial charge is 0.187 e. The Hall–Kier alpha value is -0.860. The predicted molar refractivity (Wildman–Crippen MR) is 47.3 cm³/mol. The molecule has 0 unspecified atom stereocenters. The molecule has 0 bridgehead atoms. The van der Waals surface area contributed by atoms with Crippen LogP contribution in [-0.2, 0) is 9.53 Å². The zero-order valence-electron chi connectivity index (χ0n) is 8.00. The molecule has 0 N–H and O–H groups in total. The molecule has 1 heterocycles. The van der Waals surface area contributed by atoms with Crippen LogP contribution in [0.25, 0.3) is 0 Å². The van der Waals surface area contributed by atoms with E-state index in [-0.39, 0.29) is 23.8 Å². The lowest BCUT2D eigenvalue weighted by Crippen LogP contribution is -2.28. The molecule has 0 aromatic carbocycles. The Kier molecular flexibility index (Phi) is 2.50. The van der Waals surface area contributed by atoms with E-state index in [1.165, 1.54) is 0 Å². The Bertz CT molecular complexity index is 221. The van der Waals surface area contributed by atoms with E-state index in [4.69, 9.17) is 4.74 Å². The number of hydrogen-bond acceptors (Lipinski definition) is 3. The van der Waals surface area contributed by atoms with Gasteiger partial charge in [0.25, 0.3) is 0 Å². The molecule has 3 heteroatoms. The normalized spacial score (nSPS) is 28.6. The minimum absolute atomic E-state index is 0.0140. The van der Waals surface area contributed by atoms with Gasteiger partial charge in [-0.1, -0.05) is 13.8 Å². The van der Waals surface area contributed by atoms with Crippen molar-refractivity contribution in [2.45, 2.75) is 39.8 Å². The number of carbonyl (C=O) groups excluding carboxylic acids is 1. The Morgan fingerprint density at radius 1 is 1.58 bits per heavy atom. The molecular weight excluding hydrogens is 154 g/mol. The van der Waals surface area contributed by atoms with Crippen LogP contribution in [0.1, 0.15) is 27.7 Å². The Morgan fingerprint density at radius 2 is 2.17 bits per heavy atom. The molecule has 0 aliphatic carbocycles. The number of ether oxygens (including phenoxy) is 1. The van der Waals surface area contributed by atoms with E-state index in [1.54, 1.807) is 6.92 Å². The van der Waals surface area contributed by atoms with Crippen molar-refractivity contribution in [1.82, 2.24) is 0 Å². The zero-order valence-corrected chi connectivity index (χ0v) is 8.00. The maximum atomic E-state index is 11.0. The van der Waals surface area contributed by atoms with Crippen LogP contribution in [0.2, 0.25) is 0 Å². The molecule has 0 aromatic rings. The number of carbonyl (C=O) groups is 1. The molecule has 0 saturated heterocycles. The van der Waals surface area contributed by atoms with Crippen LogP contribution in [-0.4, -0.2) is 23.8 Å².